The molecule has 0 aliphatic carbocycles. The Labute approximate surface area is 98.3 Å². The summed E-state index contributed by atoms with van der Waals surface area (Å²) >= 11 is 0. The summed E-state index contributed by atoms with van der Waals surface area (Å²) < 4.78 is 38.6. The minimum Gasteiger partial charge on any atom is -0.304 e. The first kappa shape index (κ1) is 12.0. The molecule has 0 saturated carbocycles. The van der Waals surface area contributed by atoms with Gasteiger partial charge in [0.1, 0.15) is 11.5 Å². The molecule has 0 aromatic carbocycles. The number of sulfonamides is 1. The van der Waals surface area contributed by atoms with E-state index in [1.54, 1.807) is 16.7 Å². The third-order valence-corrected chi connectivity index (χ3v) is 2.94. The lowest BCUT2D eigenvalue weighted by atomic mass is 10.3. The van der Waals surface area contributed by atoms with Crippen LogP contribution >= 0.6 is 0 Å². The van der Waals surface area contributed by atoms with Crippen molar-refractivity contribution in [2.45, 2.75) is 6.42 Å². The topological polar surface area (TPSA) is 63.5 Å². The Morgan fingerprint density at radius 2 is 2.18 bits per heavy atom. The molecule has 2 aromatic rings. The molecule has 2 aromatic heterocycles. The van der Waals surface area contributed by atoms with Crippen molar-refractivity contribution < 1.29 is 12.8 Å². The summed E-state index contributed by atoms with van der Waals surface area (Å²) in [6, 6.07) is 2.91. The van der Waals surface area contributed by atoms with Crippen molar-refractivity contribution in [1.82, 2.24) is 14.1 Å². The molecule has 92 valence electrons. The van der Waals surface area contributed by atoms with E-state index in [9.17, 15) is 12.8 Å². The van der Waals surface area contributed by atoms with Gasteiger partial charge in [-0.25, -0.2) is 22.5 Å². The Kier molecular flexibility index (Phi) is 3.12. The van der Waals surface area contributed by atoms with Crippen molar-refractivity contribution in [3.8, 4) is 0 Å². The van der Waals surface area contributed by atoms with E-state index in [4.69, 9.17) is 0 Å². The Balaban J connectivity index is 2.09. The van der Waals surface area contributed by atoms with Crippen LogP contribution in [-0.4, -0.2) is 30.6 Å². The summed E-state index contributed by atoms with van der Waals surface area (Å²) in [5, 5.41) is 0. The van der Waals surface area contributed by atoms with E-state index < -0.39 is 10.0 Å². The second-order valence-electron chi connectivity index (χ2n) is 3.76. The van der Waals surface area contributed by atoms with Crippen molar-refractivity contribution >= 4 is 15.7 Å². The molecular formula is C10H12FN3O2S. The van der Waals surface area contributed by atoms with Gasteiger partial charge in [-0.2, -0.15) is 0 Å². The maximum absolute atomic E-state index is 12.9. The van der Waals surface area contributed by atoms with E-state index in [1.807, 2.05) is 0 Å². The first-order valence-corrected chi connectivity index (χ1v) is 6.91. The fourth-order valence-corrected chi connectivity index (χ4v) is 1.98. The lowest BCUT2D eigenvalue weighted by molar-refractivity contribution is 0.587. The molecule has 0 bridgehead atoms. The van der Waals surface area contributed by atoms with Crippen LogP contribution in [0.1, 0.15) is 5.69 Å². The van der Waals surface area contributed by atoms with Crippen LogP contribution in [0.4, 0.5) is 4.39 Å². The van der Waals surface area contributed by atoms with Gasteiger partial charge in [-0.05, 0) is 12.1 Å². The van der Waals surface area contributed by atoms with Crippen molar-refractivity contribution in [3.05, 3.63) is 36.0 Å². The molecule has 0 aliphatic rings. The zero-order chi connectivity index (χ0) is 12.5. The molecule has 0 unspecified atom stereocenters. The number of halogens is 1. The maximum Gasteiger partial charge on any atom is 0.208 e. The second kappa shape index (κ2) is 4.42. The number of nitrogens with one attached hydrogen (secondary N) is 1. The molecular weight excluding hydrogens is 245 g/mol. The molecule has 0 spiro atoms. The van der Waals surface area contributed by atoms with E-state index in [0.29, 0.717) is 17.8 Å². The van der Waals surface area contributed by atoms with Crippen LogP contribution in [0, 0.1) is 5.82 Å². The van der Waals surface area contributed by atoms with Crippen molar-refractivity contribution in [1.29, 1.82) is 0 Å². The van der Waals surface area contributed by atoms with Crippen LogP contribution in [0.2, 0.25) is 0 Å². The van der Waals surface area contributed by atoms with Crippen LogP contribution in [0.5, 0.6) is 0 Å². The third-order valence-electron chi connectivity index (χ3n) is 2.21. The highest BCUT2D eigenvalue weighted by Gasteiger charge is 2.04. The standard InChI is InChI=1S/C10H12FN3O2S/c1-17(15,16)12-5-4-9-7-14-6-8(11)2-3-10(14)13-9/h2-3,6-7,12H,4-5H2,1H3. The van der Waals surface area contributed by atoms with Gasteiger partial charge in [0, 0.05) is 25.4 Å². The number of pyridine rings is 1. The average Bonchev–Trinajstić information content (AvgIpc) is 2.57. The maximum atomic E-state index is 12.9. The van der Waals surface area contributed by atoms with Gasteiger partial charge in [-0.3, -0.25) is 0 Å². The predicted octanol–water partition coefficient (Wildman–Crippen LogP) is 0.565. The molecule has 5 nitrogen and oxygen atoms in total. The van der Waals surface area contributed by atoms with Crippen LogP contribution < -0.4 is 4.72 Å². The average molecular weight is 257 g/mol. The Hall–Kier alpha value is -1.47. The van der Waals surface area contributed by atoms with Crippen LogP contribution in [0.25, 0.3) is 5.65 Å². The SMILES string of the molecule is CS(=O)(=O)NCCc1cn2cc(F)ccc2n1. The Bertz CT molecular complexity index is 636. The summed E-state index contributed by atoms with van der Waals surface area (Å²) in [6.07, 6.45) is 4.58. The van der Waals surface area contributed by atoms with Gasteiger partial charge in [0.05, 0.1) is 11.9 Å². The predicted molar refractivity (Wildman–Crippen MR) is 61.7 cm³/mol. The number of aromatic nitrogens is 2. The summed E-state index contributed by atoms with van der Waals surface area (Å²) in [5.74, 6) is -0.337. The lowest BCUT2D eigenvalue weighted by Crippen LogP contribution is -2.24. The highest BCUT2D eigenvalue weighted by molar-refractivity contribution is 7.88. The van der Waals surface area contributed by atoms with Crippen molar-refractivity contribution in [2.24, 2.45) is 0 Å². The molecule has 0 atom stereocenters. The third kappa shape index (κ3) is 3.24. The van der Waals surface area contributed by atoms with Gasteiger partial charge in [0.15, 0.2) is 0 Å². The van der Waals surface area contributed by atoms with Gasteiger partial charge >= 0.3 is 0 Å². The molecule has 17 heavy (non-hydrogen) atoms. The first-order chi connectivity index (χ1) is 7.94. The van der Waals surface area contributed by atoms with Gasteiger partial charge in [0.25, 0.3) is 0 Å². The van der Waals surface area contributed by atoms with E-state index in [1.165, 1.54) is 12.3 Å². The number of rotatable bonds is 4. The lowest BCUT2D eigenvalue weighted by Gasteiger charge is -1.98. The normalized spacial score (nSPS) is 12.1. The molecule has 0 fully saturated rings. The molecule has 0 aliphatic heterocycles. The quantitative estimate of drug-likeness (QED) is 0.870. The van der Waals surface area contributed by atoms with Crippen molar-refractivity contribution in [2.75, 3.05) is 12.8 Å². The number of hydrogen-bond acceptors (Lipinski definition) is 3. The fraction of sp³-hybridized carbons (Fsp3) is 0.300. The van der Waals surface area contributed by atoms with Gasteiger partial charge in [-0.15, -0.1) is 0 Å². The fourth-order valence-electron chi connectivity index (χ4n) is 1.50. The molecule has 0 amide bonds. The molecule has 2 rings (SSSR count). The van der Waals surface area contributed by atoms with E-state index in [2.05, 4.69) is 9.71 Å². The smallest absolute Gasteiger partial charge is 0.208 e. The van der Waals surface area contributed by atoms with Gasteiger partial charge < -0.3 is 4.40 Å². The van der Waals surface area contributed by atoms with Gasteiger partial charge in [-0.1, -0.05) is 0 Å². The number of fused-ring (bicyclic) bond motifs is 1. The molecule has 1 N–H and O–H groups in total. The zero-order valence-electron chi connectivity index (χ0n) is 9.22. The van der Waals surface area contributed by atoms with E-state index in [0.717, 1.165) is 6.26 Å². The summed E-state index contributed by atoms with van der Waals surface area (Å²) in [6.45, 7) is 0.283. The van der Waals surface area contributed by atoms with E-state index in [-0.39, 0.29) is 12.4 Å². The Morgan fingerprint density at radius 3 is 2.88 bits per heavy atom. The number of nitrogens with zero attached hydrogens (tertiary/aromatic N) is 2. The number of imidazole rings is 1. The highest BCUT2D eigenvalue weighted by atomic mass is 32.2. The van der Waals surface area contributed by atoms with Crippen LogP contribution in [-0.2, 0) is 16.4 Å². The minimum atomic E-state index is -3.18. The molecule has 2 heterocycles. The number of hydrogen-bond donors (Lipinski definition) is 1. The Morgan fingerprint density at radius 1 is 1.41 bits per heavy atom. The van der Waals surface area contributed by atoms with Crippen LogP contribution in [0.3, 0.4) is 0 Å². The summed E-state index contributed by atoms with van der Waals surface area (Å²) in [7, 11) is -3.18. The summed E-state index contributed by atoms with van der Waals surface area (Å²) in [4.78, 5) is 4.23. The van der Waals surface area contributed by atoms with Crippen LogP contribution in [0.15, 0.2) is 24.5 Å². The largest absolute Gasteiger partial charge is 0.304 e. The zero-order valence-corrected chi connectivity index (χ0v) is 10.0. The molecule has 0 radical (unpaired) electrons. The minimum absolute atomic E-state index is 0.283. The second-order valence-corrected chi connectivity index (χ2v) is 5.59. The highest BCUT2D eigenvalue weighted by Crippen LogP contribution is 2.07. The van der Waals surface area contributed by atoms with E-state index >= 15 is 0 Å². The van der Waals surface area contributed by atoms with Gasteiger partial charge in [0.2, 0.25) is 10.0 Å². The van der Waals surface area contributed by atoms with Crippen molar-refractivity contribution in [3.63, 3.8) is 0 Å². The summed E-state index contributed by atoms with van der Waals surface area (Å²) in [5.41, 5.74) is 1.35. The molecule has 7 heteroatoms. The monoisotopic (exact) mass is 257 g/mol. The first-order valence-electron chi connectivity index (χ1n) is 5.02. The molecule has 0 saturated heterocycles.